The zero-order valence-electron chi connectivity index (χ0n) is 11.8. The molecule has 1 heterocycles. The van der Waals surface area contributed by atoms with E-state index in [4.69, 9.17) is 0 Å². The van der Waals surface area contributed by atoms with Crippen molar-refractivity contribution in [2.45, 2.75) is 52.4 Å². The van der Waals surface area contributed by atoms with E-state index in [0.29, 0.717) is 13.0 Å². The maximum Gasteiger partial charge on any atom is 0.242 e. The first-order valence-corrected chi connectivity index (χ1v) is 7.24. The van der Waals surface area contributed by atoms with Gasteiger partial charge in [0.05, 0.1) is 6.54 Å². The van der Waals surface area contributed by atoms with Gasteiger partial charge in [0.25, 0.3) is 0 Å². The monoisotopic (exact) mass is 254 g/mol. The third-order valence-corrected chi connectivity index (χ3v) is 3.43. The van der Waals surface area contributed by atoms with Crippen molar-refractivity contribution in [2.75, 3.05) is 26.2 Å². The number of rotatable bonds is 5. The van der Waals surface area contributed by atoms with Crippen molar-refractivity contribution in [3.05, 3.63) is 0 Å². The van der Waals surface area contributed by atoms with Gasteiger partial charge in [-0.05, 0) is 19.3 Å². The molecule has 4 nitrogen and oxygen atoms in total. The van der Waals surface area contributed by atoms with Crippen molar-refractivity contribution in [3.63, 3.8) is 0 Å². The van der Waals surface area contributed by atoms with Gasteiger partial charge >= 0.3 is 0 Å². The van der Waals surface area contributed by atoms with Gasteiger partial charge in [0.1, 0.15) is 0 Å². The Labute approximate surface area is 110 Å². The van der Waals surface area contributed by atoms with Crippen molar-refractivity contribution in [1.82, 2.24) is 9.80 Å². The SMILES string of the molecule is CCCN(CC(=O)N1CCCCCC1)C(=O)CC. The summed E-state index contributed by atoms with van der Waals surface area (Å²) in [5.74, 6) is 0.201. The quantitative estimate of drug-likeness (QED) is 0.753. The van der Waals surface area contributed by atoms with Crippen LogP contribution in [0.3, 0.4) is 0 Å². The third kappa shape index (κ3) is 4.67. The van der Waals surface area contributed by atoms with Crippen LogP contribution in [0.1, 0.15) is 52.4 Å². The molecule has 104 valence electrons. The second-order valence-electron chi connectivity index (χ2n) is 4.96. The summed E-state index contributed by atoms with van der Waals surface area (Å²) in [6.07, 6.45) is 6.02. The fourth-order valence-corrected chi connectivity index (χ4v) is 2.37. The Kier molecular flexibility index (Phi) is 6.76. The maximum absolute atomic E-state index is 12.2. The molecule has 0 N–H and O–H groups in total. The molecule has 1 fully saturated rings. The number of hydrogen-bond donors (Lipinski definition) is 0. The highest BCUT2D eigenvalue weighted by molar-refractivity contribution is 5.84. The first-order chi connectivity index (χ1) is 8.69. The summed E-state index contributed by atoms with van der Waals surface area (Å²) in [7, 11) is 0. The number of carbonyl (C=O) groups is 2. The summed E-state index contributed by atoms with van der Waals surface area (Å²) in [5, 5.41) is 0. The average molecular weight is 254 g/mol. The van der Waals surface area contributed by atoms with Crippen LogP contribution in [0.4, 0.5) is 0 Å². The molecule has 0 aliphatic carbocycles. The van der Waals surface area contributed by atoms with Gasteiger partial charge in [-0.1, -0.05) is 26.7 Å². The van der Waals surface area contributed by atoms with Crippen LogP contribution < -0.4 is 0 Å². The van der Waals surface area contributed by atoms with Crippen LogP contribution in [0.15, 0.2) is 0 Å². The van der Waals surface area contributed by atoms with Gasteiger partial charge < -0.3 is 9.80 Å². The number of amides is 2. The Morgan fingerprint density at radius 1 is 1.06 bits per heavy atom. The molecule has 0 atom stereocenters. The van der Waals surface area contributed by atoms with Crippen molar-refractivity contribution in [2.24, 2.45) is 0 Å². The van der Waals surface area contributed by atoms with Crippen LogP contribution in [-0.2, 0) is 9.59 Å². The Balaban J connectivity index is 2.50. The van der Waals surface area contributed by atoms with Crippen molar-refractivity contribution in [1.29, 1.82) is 0 Å². The smallest absolute Gasteiger partial charge is 0.242 e. The first-order valence-electron chi connectivity index (χ1n) is 7.24. The molecule has 0 unspecified atom stereocenters. The van der Waals surface area contributed by atoms with E-state index in [1.54, 1.807) is 4.90 Å². The number of hydrogen-bond acceptors (Lipinski definition) is 2. The summed E-state index contributed by atoms with van der Waals surface area (Å²) >= 11 is 0. The van der Waals surface area contributed by atoms with Crippen LogP contribution >= 0.6 is 0 Å². The molecule has 1 aliphatic rings. The normalized spacial score (nSPS) is 16.2. The minimum absolute atomic E-state index is 0.0834. The lowest BCUT2D eigenvalue weighted by molar-refractivity contribution is -0.140. The van der Waals surface area contributed by atoms with E-state index in [0.717, 1.165) is 32.4 Å². The Hall–Kier alpha value is -1.06. The minimum atomic E-state index is 0.0834. The van der Waals surface area contributed by atoms with E-state index in [-0.39, 0.29) is 18.4 Å². The summed E-state index contributed by atoms with van der Waals surface area (Å²) in [6.45, 7) is 6.55. The summed E-state index contributed by atoms with van der Waals surface area (Å²) < 4.78 is 0. The van der Waals surface area contributed by atoms with E-state index >= 15 is 0 Å². The molecule has 0 aromatic carbocycles. The Morgan fingerprint density at radius 3 is 2.17 bits per heavy atom. The molecule has 4 heteroatoms. The highest BCUT2D eigenvalue weighted by Gasteiger charge is 2.20. The number of nitrogens with zero attached hydrogens (tertiary/aromatic N) is 2. The highest BCUT2D eigenvalue weighted by Crippen LogP contribution is 2.10. The van der Waals surface area contributed by atoms with Gasteiger partial charge in [0.15, 0.2) is 0 Å². The van der Waals surface area contributed by atoms with E-state index in [9.17, 15) is 9.59 Å². The number of carbonyl (C=O) groups excluding carboxylic acids is 2. The van der Waals surface area contributed by atoms with E-state index in [1.165, 1.54) is 12.8 Å². The molecule has 18 heavy (non-hydrogen) atoms. The van der Waals surface area contributed by atoms with Crippen molar-refractivity contribution < 1.29 is 9.59 Å². The largest absolute Gasteiger partial charge is 0.341 e. The summed E-state index contributed by atoms with van der Waals surface area (Å²) in [6, 6.07) is 0. The van der Waals surface area contributed by atoms with Crippen LogP contribution in [0, 0.1) is 0 Å². The lowest BCUT2D eigenvalue weighted by atomic mass is 10.2. The molecule has 0 bridgehead atoms. The molecular formula is C14H26N2O2. The van der Waals surface area contributed by atoms with Crippen molar-refractivity contribution >= 4 is 11.8 Å². The van der Waals surface area contributed by atoms with Gasteiger partial charge in [0, 0.05) is 26.1 Å². The molecule has 0 aromatic rings. The summed E-state index contributed by atoms with van der Waals surface area (Å²) in [5.41, 5.74) is 0. The highest BCUT2D eigenvalue weighted by atomic mass is 16.2. The topological polar surface area (TPSA) is 40.6 Å². The van der Waals surface area contributed by atoms with Crippen LogP contribution in [-0.4, -0.2) is 47.8 Å². The maximum atomic E-state index is 12.2. The van der Waals surface area contributed by atoms with Gasteiger partial charge in [-0.15, -0.1) is 0 Å². The van der Waals surface area contributed by atoms with Gasteiger partial charge in [0.2, 0.25) is 11.8 Å². The van der Waals surface area contributed by atoms with Crippen LogP contribution in [0.2, 0.25) is 0 Å². The van der Waals surface area contributed by atoms with Gasteiger partial charge in [-0.2, -0.15) is 0 Å². The third-order valence-electron chi connectivity index (χ3n) is 3.43. The molecule has 0 saturated carbocycles. The van der Waals surface area contributed by atoms with Gasteiger partial charge in [-0.25, -0.2) is 0 Å². The zero-order chi connectivity index (χ0) is 13.4. The van der Waals surface area contributed by atoms with Crippen molar-refractivity contribution in [3.8, 4) is 0 Å². The molecule has 2 amide bonds. The second kappa shape index (κ2) is 8.11. The lowest BCUT2D eigenvalue weighted by Gasteiger charge is -2.26. The van der Waals surface area contributed by atoms with Crippen LogP contribution in [0.5, 0.6) is 0 Å². The average Bonchev–Trinajstić information content (AvgIpc) is 2.66. The fourth-order valence-electron chi connectivity index (χ4n) is 2.37. The Morgan fingerprint density at radius 2 is 1.67 bits per heavy atom. The predicted octanol–water partition coefficient (Wildman–Crippen LogP) is 2.04. The molecule has 1 aliphatic heterocycles. The molecule has 1 rings (SSSR count). The van der Waals surface area contributed by atoms with E-state index < -0.39 is 0 Å². The number of likely N-dealkylation sites (tertiary alicyclic amines) is 1. The first kappa shape index (κ1) is 15.0. The van der Waals surface area contributed by atoms with Gasteiger partial charge in [-0.3, -0.25) is 9.59 Å². The van der Waals surface area contributed by atoms with Crippen LogP contribution in [0.25, 0.3) is 0 Å². The summed E-state index contributed by atoms with van der Waals surface area (Å²) in [4.78, 5) is 27.6. The molecule has 0 aromatic heterocycles. The minimum Gasteiger partial charge on any atom is -0.341 e. The zero-order valence-corrected chi connectivity index (χ0v) is 11.8. The molecule has 1 saturated heterocycles. The molecule has 0 radical (unpaired) electrons. The lowest BCUT2D eigenvalue weighted by Crippen LogP contribution is -2.43. The Bertz CT molecular complexity index is 271. The molecular weight excluding hydrogens is 228 g/mol. The predicted molar refractivity (Wildman–Crippen MR) is 72.2 cm³/mol. The standard InChI is InChI=1S/C14H26N2O2/c1-3-9-16(13(17)4-2)12-14(18)15-10-7-5-6-8-11-15/h3-12H2,1-2H3. The second-order valence-corrected chi connectivity index (χ2v) is 4.96. The van der Waals surface area contributed by atoms with E-state index in [2.05, 4.69) is 0 Å². The van der Waals surface area contributed by atoms with E-state index in [1.807, 2.05) is 18.7 Å². The molecule has 0 spiro atoms. The fraction of sp³-hybridized carbons (Fsp3) is 0.857.